The van der Waals surface area contributed by atoms with Crippen molar-refractivity contribution in [3.63, 3.8) is 0 Å². The molecule has 0 bridgehead atoms. The van der Waals surface area contributed by atoms with Crippen LogP contribution in [0.5, 0.6) is 11.6 Å². The van der Waals surface area contributed by atoms with E-state index in [9.17, 15) is 24.1 Å². The number of ether oxygens (including phenoxy) is 1. The lowest BCUT2D eigenvalue weighted by molar-refractivity contribution is -0.612. The summed E-state index contributed by atoms with van der Waals surface area (Å²) in [7, 11) is 0. The van der Waals surface area contributed by atoms with E-state index >= 15 is 0 Å². The maximum atomic E-state index is 13.4. The van der Waals surface area contributed by atoms with Crippen LogP contribution in [0.2, 0.25) is 0 Å². The van der Waals surface area contributed by atoms with E-state index in [-0.39, 0.29) is 16.0 Å². The van der Waals surface area contributed by atoms with Crippen LogP contribution in [0.4, 0.5) is 14.5 Å². The Morgan fingerprint density at radius 1 is 1.30 bits per heavy atom. The number of aromatic nitrogens is 1. The summed E-state index contributed by atoms with van der Waals surface area (Å²) in [5, 5.41) is 22.3. The lowest BCUT2D eigenvalue weighted by Crippen LogP contribution is -2.28. The Bertz CT molecular complexity index is 691. The average Bonchev–Trinajstić information content (AvgIpc) is 2.35. The van der Waals surface area contributed by atoms with E-state index in [1.54, 1.807) is 0 Å². The third-order valence-electron chi connectivity index (χ3n) is 2.50. The molecule has 0 N–H and O–H groups in total. The van der Waals surface area contributed by atoms with Gasteiger partial charge in [0.15, 0.2) is 17.8 Å². The summed E-state index contributed by atoms with van der Waals surface area (Å²) in [6.07, 6.45) is 0.939. The van der Waals surface area contributed by atoms with Crippen molar-refractivity contribution in [1.82, 2.24) is 0 Å². The van der Waals surface area contributed by atoms with E-state index in [1.165, 1.54) is 6.92 Å². The van der Waals surface area contributed by atoms with E-state index in [0.29, 0.717) is 6.07 Å². The molecule has 8 heteroatoms. The zero-order valence-electron chi connectivity index (χ0n) is 10.2. The van der Waals surface area contributed by atoms with E-state index < -0.39 is 28.2 Å². The summed E-state index contributed by atoms with van der Waals surface area (Å²) in [6.45, 7) is 1.38. The Labute approximate surface area is 111 Å². The number of aryl methyl sites for hydroxylation is 1. The number of halogens is 2. The van der Waals surface area contributed by atoms with Gasteiger partial charge >= 0.3 is 5.88 Å². The molecule has 0 atom stereocenters. The molecule has 0 saturated carbocycles. The number of hydrogen-bond donors (Lipinski definition) is 0. The number of benzene rings is 1. The van der Waals surface area contributed by atoms with Crippen molar-refractivity contribution in [3.8, 4) is 11.6 Å². The first-order valence-electron chi connectivity index (χ1n) is 5.39. The fourth-order valence-corrected chi connectivity index (χ4v) is 1.54. The van der Waals surface area contributed by atoms with Gasteiger partial charge in [-0.15, -0.1) is 4.73 Å². The molecule has 1 aromatic carbocycles. The fraction of sp³-hybridized carbons (Fsp3) is 0.0833. The second kappa shape index (κ2) is 5.08. The van der Waals surface area contributed by atoms with Gasteiger partial charge in [0, 0.05) is 6.07 Å². The molecule has 1 aromatic heterocycles. The Morgan fingerprint density at radius 2 is 2.00 bits per heavy atom. The smallest absolute Gasteiger partial charge is 0.392 e. The first-order chi connectivity index (χ1) is 9.38. The van der Waals surface area contributed by atoms with Crippen LogP contribution in [-0.2, 0) is 0 Å². The summed E-state index contributed by atoms with van der Waals surface area (Å²) < 4.78 is 31.3. The van der Waals surface area contributed by atoms with Crippen molar-refractivity contribution in [1.29, 1.82) is 0 Å². The molecule has 0 amide bonds. The summed E-state index contributed by atoms with van der Waals surface area (Å²) in [6, 6.07) is 3.38. The Hall–Kier alpha value is -2.77. The second-order valence-electron chi connectivity index (χ2n) is 3.94. The first-order valence-corrected chi connectivity index (χ1v) is 5.39. The highest BCUT2D eigenvalue weighted by Crippen LogP contribution is 2.26. The van der Waals surface area contributed by atoms with E-state index in [1.807, 2.05) is 0 Å². The van der Waals surface area contributed by atoms with Gasteiger partial charge in [0.05, 0.1) is 10.5 Å². The summed E-state index contributed by atoms with van der Waals surface area (Å²) in [4.78, 5) is 10.1. The Morgan fingerprint density at radius 3 is 2.60 bits per heavy atom. The second-order valence-corrected chi connectivity index (χ2v) is 3.94. The zero-order valence-corrected chi connectivity index (χ0v) is 10.2. The normalized spacial score (nSPS) is 10.3. The van der Waals surface area contributed by atoms with Crippen molar-refractivity contribution in [2.45, 2.75) is 6.92 Å². The minimum atomic E-state index is -1.02. The molecular formula is C12H8F2N2O4. The summed E-state index contributed by atoms with van der Waals surface area (Å²) in [5.41, 5.74) is -0.202. The number of hydrogen-bond acceptors (Lipinski definition) is 4. The molecule has 0 saturated heterocycles. The van der Waals surface area contributed by atoms with Crippen molar-refractivity contribution in [2.75, 3.05) is 0 Å². The van der Waals surface area contributed by atoms with Crippen LogP contribution in [0.3, 0.4) is 0 Å². The summed E-state index contributed by atoms with van der Waals surface area (Å²) >= 11 is 0. The first kappa shape index (κ1) is 13.7. The Kier molecular flexibility index (Phi) is 3.47. The molecule has 104 valence electrons. The minimum absolute atomic E-state index is 0.136. The highest BCUT2D eigenvalue weighted by Gasteiger charge is 2.21. The van der Waals surface area contributed by atoms with Gasteiger partial charge in [0.2, 0.25) is 0 Å². The lowest BCUT2D eigenvalue weighted by atomic mass is 10.2. The van der Waals surface area contributed by atoms with Crippen molar-refractivity contribution >= 4 is 5.69 Å². The Balaban J connectivity index is 2.43. The van der Waals surface area contributed by atoms with Crippen molar-refractivity contribution in [2.24, 2.45) is 0 Å². The van der Waals surface area contributed by atoms with Crippen LogP contribution in [0.25, 0.3) is 0 Å². The number of nitro groups is 1. The van der Waals surface area contributed by atoms with Crippen LogP contribution >= 0.6 is 0 Å². The van der Waals surface area contributed by atoms with Crippen LogP contribution in [0.1, 0.15) is 5.56 Å². The number of nitrogens with zero attached hydrogens (tertiary/aromatic N) is 2. The molecule has 0 unspecified atom stereocenters. The molecule has 0 spiro atoms. The van der Waals surface area contributed by atoms with Gasteiger partial charge < -0.3 is 9.94 Å². The molecule has 0 aliphatic rings. The molecule has 0 aliphatic carbocycles. The molecular weight excluding hydrogens is 274 g/mol. The largest absolute Gasteiger partial charge is 0.616 e. The van der Waals surface area contributed by atoms with E-state index in [4.69, 9.17) is 4.74 Å². The molecule has 2 aromatic rings. The van der Waals surface area contributed by atoms with Crippen molar-refractivity contribution in [3.05, 3.63) is 63.0 Å². The topological polar surface area (TPSA) is 79.3 Å². The van der Waals surface area contributed by atoms with Gasteiger partial charge in [-0.25, -0.2) is 8.78 Å². The fourth-order valence-electron chi connectivity index (χ4n) is 1.54. The number of rotatable bonds is 3. The van der Waals surface area contributed by atoms with Gasteiger partial charge in [-0.05, 0) is 19.1 Å². The standard InChI is InChI=1S/C12H8F2N2O4/c1-7-6-15(17)12(5-10(7)16(18)19)20-11-3-2-8(13)4-9(11)14/h2-6H,1H3. The molecule has 0 fully saturated rings. The average molecular weight is 282 g/mol. The monoisotopic (exact) mass is 282 g/mol. The van der Waals surface area contributed by atoms with E-state index in [2.05, 4.69) is 0 Å². The third kappa shape index (κ3) is 2.63. The molecule has 6 nitrogen and oxygen atoms in total. The highest BCUT2D eigenvalue weighted by molar-refractivity contribution is 5.39. The van der Waals surface area contributed by atoms with E-state index in [0.717, 1.165) is 24.4 Å². The van der Waals surface area contributed by atoms with Crippen LogP contribution in [0.15, 0.2) is 30.5 Å². The van der Waals surface area contributed by atoms with Crippen LogP contribution < -0.4 is 9.47 Å². The quantitative estimate of drug-likeness (QED) is 0.375. The maximum Gasteiger partial charge on any atom is 0.392 e. The van der Waals surface area contributed by atoms with Crippen LogP contribution in [0, 0.1) is 33.9 Å². The predicted molar refractivity (Wildman–Crippen MR) is 63.2 cm³/mol. The van der Waals surface area contributed by atoms with Gasteiger partial charge in [0.1, 0.15) is 11.9 Å². The van der Waals surface area contributed by atoms with Gasteiger partial charge in [0.25, 0.3) is 5.69 Å². The maximum absolute atomic E-state index is 13.4. The third-order valence-corrected chi connectivity index (χ3v) is 2.50. The van der Waals surface area contributed by atoms with Crippen LogP contribution in [-0.4, -0.2) is 4.92 Å². The van der Waals surface area contributed by atoms with Gasteiger partial charge in [-0.1, -0.05) is 0 Å². The minimum Gasteiger partial charge on any atom is -0.616 e. The van der Waals surface area contributed by atoms with Crippen molar-refractivity contribution < 1.29 is 23.2 Å². The zero-order chi connectivity index (χ0) is 14.9. The van der Waals surface area contributed by atoms with Gasteiger partial charge in [-0.2, -0.15) is 0 Å². The molecule has 0 radical (unpaired) electrons. The molecule has 20 heavy (non-hydrogen) atoms. The lowest BCUT2D eigenvalue weighted by Gasteiger charge is -2.07. The van der Waals surface area contributed by atoms with Gasteiger partial charge in [-0.3, -0.25) is 10.1 Å². The highest BCUT2D eigenvalue weighted by atomic mass is 19.1. The number of pyridine rings is 1. The summed E-state index contributed by atoms with van der Waals surface area (Å²) in [5.74, 6) is -2.71. The predicted octanol–water partition coefficient (Wildman–Crippen LogP) is 2.61. The molecule has 0 aliphatic heterocycles. The molecule has 2 rings (SSSR count). The SMILES string of the molecule is Cc1c[n+]([O-])c(Oc2ccc(F)cc2F)cc1[N+](=O)[O-]. The molecule has 1 heterocycles.